The van der Waals surface area contributed by atoms with Gasteiger partial charge >= 0.3 is 5.97 Å². The quantitative estimate of drug-likeness (QED) is 0.216. The lowest BCUT2D eigenvalue weighted by atomic mass is 10.1. The van der Waals surface area contributed by atoms with Crippen molar-refractivity contribution in [2.45, 2.75) is 31.1 Å². The summed E-state index contributed by atoms with van der Waals surface area (Å²) in [6.07, 6.45) is 0.803. The van der Waals surface area contributed by atoms with Crippen molar-refractivity contribution in [1.82, 2.24) is 0 Å². The lowest BCUT2D eigenvalue weighted by Gasteiger charge is -2.25. The summed E-state index contributed by atoms with van der Waals surface area (Å²) in [6, 6.07) is 15.1. The van der Waals surface area contributed by atoms with E-state index in [4.69, 9.17) is 21.1 Å². The largest absolute Gasteiger partial charge is 0.493 e. The van der Waals surface area contributed by atoms with Crippen LogP contribution in [0, 0.1) is 11.6 Å². The maximum Gasteiger partial charge on any atom is 0.305 e. The number of anilines is 1. The number of carbonyl (C=O) groups is 1. The molecule has 0 unspecified atom stereocenters. The predicted molar refractivity (Wildman–Crippen MR) is 134 cm³/mol. The van der Waals surface area contributed by atoms with E-state index in [-0.39, 0.29) is 36.9 Å². The van der Waals surface area contributed by atoms with Gasteiger partial charge in [-0.25, -0.2) is 17.2 Å². The Bertz CT molecular complexity index is 1290. The second-order valence-corrected chi connectivity index (χ2v) is 10.0. The molecule has 0 N–H and O–H groups in total. The van der Waals surface area contributed by atoms with Crippen LogP contribution in [0.4, 0.5) is 14.5 Å². The molecule has 0 aromatic heterocycles. The SMILES string of the molecule is CCOC(=O)CCCOc1ccccc1CCN(c1cc(F)ccc1F)S(=O)(=O)c1ccc(Cl)cc1. The summed E-state index contributed by atoms with van der Waals surface area (Å²) in [6.45, 7) is 2.11. The van der Waals surface area contributed by atoms with Crippen LogP contribution in [0.2, 0.25) is 5.02 Å². The molecule has 0 bridgehead atoms. The van der Waals surface area contributed by atoms with Gasteiger partial charge in [0.15, 0.2) is 0 Å². The zero-order chi connectivity index (χ0) is 26.1. The first-order valence-electron chi connectivity index (χ1n) is 11.3. The Morgan fingerprint density at radius 3 is 2.47 bits per heavy atom. The zero-order valence-electron chi connectivity index (χ0n) is 19.6. The van der Waals surface area contributed by atoms with Crippen LogP contribution in [0.5, 0.6) is 5.75 Å². The molecular formula is C26H26ClF2NO5S. The van der Waals surface area contributed by atoms with E-state index in [2.05, 4.69) is 0 Å². The molecule has 192 valence electrons. The van der Waals surface area contributed by atoms with Gasteiger partial charge in [-0.2, -0.15) is 0 Å². The zero-order valence-corrected chi connectivity index (χ0v) is 21.2. The van der Waals surface area contributed by atoms with Gasteiger partial charge in [-0.3, -0.25) is 9.10 Å². The van der Waals surface area contributed by atoms with Crippen molar-refractivity contribution in [1.29, 1.82) is 0 Å². The van der Waals surface area contributed by atoms with Crippen molar-refractivity contribution in [2.75, 3.05) is 24.1 Å². The first-order chi connectivity index (χ1) is 17.2. The van der Waals surface area contributed by atoms with E-state index in [0.29, 0.717) is 29.4 Å². The number of ether oxygens (including phenoxy) is 2. The summed E-state index contributed by atoms with van der Waals surface area (Å²) in [4.78, 5) is 11.4. The van der Waals surface area contributed by atoms with Crippen LogP contribution < -0.4 is 9.04 Å². The van der Waals surface area contributed by atoms with Gasteiger partial charge in [-0.05, 0) is 67.8 Å². The van der Waals surface area contributed by atoms with Gasteiger partial charge in [0.1, 0.15) is 17.4 Å². The van der Waals surface area contributed by atoms with E-state index in [1.807, 2.05) is 0 Å². The third kappa shape index (κ3) is 7.18. The van der Waals surface area contributed by atoms with Crippen LogP contribution in [0.15, 0.2) is 71.6 Å². The molecule has 0 amide bonds. The molecule has 0 saturated carbocycles. The molecule has 3 aromatic carbocycles. The summed E-state index contributed by atoms with van der Waals surface area (Å²) in [7, 11) is -4.25. The molecule has 0 aliphatic carbocycles. The number of benzene rings is 3. The highest BCUT2D eigenvalue weighted by Crippen LogP contribution is 2.29. The third-order valence-corrected chi connectivity index (χ3v) is 7.30. The molecule has 0 radical (unpaired) electrons. The smallest absolute Gasteiger partial charge is 0.305 e. The molecule has 6 nitrogen and oxygen atoms in total. The van der Waals surface area contributed by atoms with Crippen molar-refractivity contribution < 1.29 is 31.5 Å². The number of nitrogens with zero attached hydrogens (tertiary/aromatic N) is 1. The van der Waals surface area contributed by atoms with E-state index in [0.717, 1.165) is 22.5 Å². The minimum Gasteiger partial charge on any atom is -0.493 e. The van der Waals surface area contributed by atoms with E-state index in [1.165, 1.54) is 24.3 Å². The normalized spacial score (nSPS) is 11.2. The molecule has 3 rings (SSSR count). The Balaban J connectivity index is 1.83. The number of para-hydroxylation sites is 1. The summed E-state index contributed by atoms with van der Waals surface area (Å²) in [5.41, 5.74) is 0.263. The Morgan fingerprint density at radius 1 is 1.03 bits per heavy atom. The highest BCUT2D eigenvalue weighted by atomic mass is 35.5. The van der Waals surface area contributed by atoms with Crippen LogP contribution in [-0.2, 0) is 26.0 Å². The topological polar surface area (TPSA) is 72.9 Å². The Labute approximate surface area is 214 Å². The molecule has 0 atom stereocenters. The number of carbonyl (C=O) groups excluding carboxylic acids is 1. The van der Waals surface area contributed by atoms with Crippen LogP contribution in [0.25, 0.3) is 0 Å². The van der Waals surface area contributed by atoms with Crippen LogP contribution in [0.1, 0.15) is 25.3 Å². The van der Waals surface area contributed by atoms with Crippen molar-refractivity contribution in [2.24, 2.45) is 0 Å². The van der Waals surface area contributed by atoms with E-state index < -0.39 is 27.3 Å². The minimum atomic E-state index is -4.25. The van der Waals surface area contributed by atoms with E-state index >= 15 is 0 Å². The van der Waals surface area contributed by atoms with Crippen molar-refractivity contribution >= 4 is 33.3 Å². The van der Waals surface area contributed by atoms with Gasteiger partial charge in [-0.1, -0.05) is 29.8 Å². The maximum absolute atomic E-state index is 14.7. The van der Waals surface area contributed by atoms with Gasteiger partial charge in [0, 0.05) is 24.1 Å². The summed E-state index contributed by atoms with van der Waals surface area (Å²) in [5.74, 6) is -1.45. The minimum absolute atomic E-state index is 0.112. The van der Waals surface area contributed by atoms with E-state index in [1.54, 1.807) is 31.2 Å². The molecule has 36 heavy (non-hydrogen) atoms. The molecule has 10 heteroatoms. The Morgan fingerprint density at radius 2 is 1.75 bits per heavy atom. The fraction of sp³-hybridized carbons (Fsp3) is 0.269. The monoisotopic (exact) mass is 537 g/mol. The number of rotatable bonds is 12. The Hall–Kier alpha value is -3.17. The molecule has 0 aliphatic rings. The molecule has 0 spiro atoms. The summed E-state index contributed by atoms with van der Waals surface area (Å²) in [5, 5.41) is 0.339. The molecule has 0 fully saturated rings. The number of hydrogen-bond acceptors (Lipinski definition) is 5. The third-order valence-electron chi connectivity index (χ3n) is 5.22. The summed E-state index contributed by atoms with van der Waals surface area (Å²) >= 11 is 5.89. The lowest BCUT2D eigenvalue weighted by Crippen LogP contribution is -2.34. The standard InChI is InChI=1S/C26H26ClF2NO5S/c1-2-34-26(31)8-5-17-35-25-7-4-3-6-19(25)15-16-30(24-18-21(28)11-14-23(24)29)36(32,33)22-12-9-20(27)10-13-22/h3-4,6-7,9-14,18H,2,5,8,15-17H2,1H3. The molecule has 0 saturated heterocycles. The van der Waals surface area contributed by atoms with E-state index in [9.17, 15) is 22.0 Å². The van der Waals surface area contributed by atoms with Crippen LogP contribution in [-0.4, -0.2) is 34.1 Å². The van der Waals surface area contributed by atoms with Crippen molar-refractivity contribution in [3.05, 3.63) is 89.0 Å². The number of sulfonamides is 1. The first-order valence-corrected chi connectivity index (χ1v) is 13.1. The fourth-order valence-corrected chi connectivity index (χ4v) is 5.08. The highest BCUT2D eigenvalue weighted by molar-refractivity contribution is 7.92. The van der Waals surface area contributed by atoms with Crippen molar-refractivity contribution in [3.8, 4) is 5.75 Å². The Kier molecular flexibility index (Phi) is 9.66. The lowest BCUT2D eigenvalue weighted by molar-refractivity contribution is -0.143. The number of halogens is 3. The van der Waals surface area contributed by atoms with Gasteiger partial charge in [-0.15, -0.1) is 0 Å². The van der Waals surface area contributed by atoms with Gasteiger partial charge in [0.2, 0.25) is 0 Å². The van der Waals surface area contributed by atoms with Crippen LogP contribution in [0.3, 0.4) is 0 Å². The van der Waals surface area contributed by atoms with Gasteiger partial charge in [0.05, 0.1) is 23.8 Å². The molecule has 0 aliphatic heterocycles. The average molecular weight is 538 g/mol. The molecule has 0 heterocycles. The second-order valence-electron chi connectivity index (χ2n) is 7.74. The summed E-state index contributed by atoms with van der Waals surface area (Å²) < 4.78 is 67.2. The number of hydrogen-bond donors (Lipinski definition) is 0. The second kappa shape index (κ2) is 12.7. The fourth-order valence-electron chi connectivity index (χ4n) is 3.49. The molecule has 3 aromatic rings. The molecular weight excluding hydrogens is 512 g/mol. The average Bonchev–Trinajstić information content (AvgIpc) is 2.85. The highest BCUT2D eigenvalue weighted by Gasteiger charge is 2.28. The first kappa shape index (κ1) is 27.4. The van der Waals surface area contributed by atoms with Gasteiger partial charge < -0.3 is 9.47 Å². The van der Waals surface area contributed by atoms with Gasteiger partial charge in [0.25, 0.3) is 10.0 Å². The van der Waals surface area contributed by atoms with Crippen molar-refractivity contribution in [3.63, 3.8) is 0 Å². The number of esters is 1. The maximum atomic E-state index is 14.7. The predicted octanol–water partition coefficient (Wildman–Crippen LogP) is 5.78. The van der Waals surface area contributed by atoms with Crippen LogP contribution >= 0.6 is 11.6 Å².